The van der Waals surface area contributed by atoms with Gasteiger partial charge in [0.1, 0.15) is 21.7 Å². The average Bonchev–Trinajstić information content (AvgIpc) is 3.88. The number of amides is 2. The molecule has 0 radical (unpaired) electrons. The van der Waals surface area contributed by atoms with E-state index >= 15 is 0 Å². The molecule has 4 aromatic heterocycles. The van der Waals surface area contributed by atoms with Gasteiger partial charge in [0.15, 0.2) is 20.8 Å². The van der Waals surface area contributed by atoms with Crippen LogP contribution in [0.1, 0.15) is 65.4 Å². The molecule has 0 atom stereocenters. The van der Waals surface area contributed by atoms with Gasteiger partial charge in [-0.15, -0.1) is 0 Å². The molecule has 0 bridgehead atoms. The second-order valence-corrected chi connectivity index (χ2v) is 14.7. The largest absolute Gasteiger partial charge is 0.336 e. The van der Waals surface area contributed by atoms with Crippen LogP contribution in [0, 0.1) is 0 Å². The number of imidazole rings is 1. The maximum atomic E-state index is 13.9. The number of nitrogens with one attached hydrogen (secondary N) is 1. The summed E-state index contributed by atoms with van der Waals surface area (Å²) in [5.41, 5.74) is 3.53. The third kappa shape index (κ3) is 4.64. The predicted octanol–water partition coefficient (Wildman–Crippen LogP) is 3.34. The Labute approximate surface area is 247 Å². The highest BCUT2D eigenvalue weighted by molar-refractivity contribution is 7.91. The average molecular weight is 611 g/mol. The molecule has 4 aromatic rings. The molecule has 5 heterocycles. The van der Waals surface area contributed by atoms with Crippen molar-refractivity contribution in [3.63, 3.8) is 0 Å². The molecule has 12 nitrogen and oxygen atoms in total. The molecule has 0 unspecified atom stereocenters. The zero-order valence-corrected chi connectivity index (χ0v) is 25.6. The Morgan fingerprint density at radius 1 is 1.10 bits per heavy atom. The van der Waals surface area contributed by atoms with Crippen molar-refractivity contribution in [2.45, 2.75) is 64.6 Å². The summed E-state index contributed by atoms with van der Waals surface area (Å²) in [6, 6.07) is 2.66. The van der Waals surface area contributed by atoms with Crippen molar-refractivity contribution in [1.82, 2.24) is 33.9 Å². The highest BCUT2D eigenvalue weighted by Gasteiger charge is 2.43. The summed E-state index contributed by atoms with van der Waals surface area (Å²) < 4.78 is 27.7. The minimum atomic E-state index is -3.10. The van der Waals surface area contributed by atoms with Crippen molar-refractivity contribution in [3.8, 4) is 0 Å². The standard InChI is InChI=1S/C28H34N8O4S2/c1-4-19-23(27(38)34-10-12-42(39,40)13-11-34)41-28(30-19)32-24-21-22(33(3)15-29-21)18-14-20(35(5-2)25(18)31-24)26(37)36(16-6-7-16)17-8-9-17/h14-17H,4-13H2,1-3H3,(H,30,31,32). The summed E-state index contributed by atoms with van der Waals surface area (Å²) in [4.78, 5) is 45.8. The van der Waals surface area contributed by atoms with Crippen LogP contribution in [-0.2, 0) is 29.9 Å². The quantitative estimate of drug-likeness (QED) is 0.321. The van der Waals surface area contributed by atoms with Crippen LogP contribution in [0.5, 0.6) is 0 Å². The van der Waals surface area contributed by atoms with Gasteiger partial charge in [-0.3, -0.25) is 9.59 Å². The smallest absolute Gasteiger partial charge is 0.271 e. The van der Waals surface area contributed by atoms with E-state index in [4.69, 9.17) is 9.97 Å². The normalized spacial score (nSPS) is 18.6. The molecule has 0 spiro atoms. The summed E-state index contributed by atoms with van der Waals surface area (Å²) in [5, 5.41) is 4.72. The van der Waals surface area contributed by atoms with Crippen molar-refractivity contribution in [2.24, 2.45) is 7.05 Å². The maximum Gasteiger partial charge on any atom is 0.271 e. The molecule has 42 heavy (non-hydrogen) atoms. The molecule has 7 rings (SSSR count). The lowest BCUT2D eigenvalue weighted by Gasteiger charge is -2.26. The number of hydrogen-bond donors (Lipinski definition) is 1. The molecule has 2 aliphatic carbocycles. The third-order valence-corrected chi connectivity index (χ3v) is 11.0. The van der Waals surface area contributed by atoms with Gasteiger partial charge in [0.05, 0.1) is 29.0 Å². The minimum absolute atomic E-state index is 0.0215. The molecule has 2 saturated carbocycles. The van der Waals surface area contributed by atoms with E-state index in [1.807, 2.05) is 36.1 Å². The van der Waals surface area contributed by atoms with Gasteiger partial charge in [0, 0.05) is 44.2 Å². The zero-order chi connectivity index (χ0) is 29.3. The van der Waals surface area contributed by atoms with Crippen LogP contribution >= 0.6 is 11.3 Å². The van der Waals surface area contributed by atoms with E-state index in [1.54, 1.807) is 11.2 Å². The van der Waals surface area contributed by atoms with Crippen LogP contribution in [0.25, 0.3) is 22.1 Å². The van der Waals surface area contributed by atoms with Gasteiger partial charge < -0.3 is 24.3 Å². The number of rotatable bonds is 8. The van der Waals surface area contributed by atoms with Gasteiger partial charge in [0.25, 0.3) is 11.8 Å². The topological polar surface area (TPSA) is 135 Å². The van der Waals surface area contributed by atoms with Crippen LogP contribution in [0.2, 0.25) is 0 Å². The minimum Gasteiger partial charge on any atom is -0.336 e. The summed E-state index contributed by atoms with van der Waals surface area (Å²) >= 11 is 1.24. The monoisotopic (exact) mass is 610 g/mol. The Morgan fingerprint density at radius 2 is 1.79 bits per heavy atom. The Morgan fingerprint density at radius 3 is 2.40 bits per heavy atom. The van der Waals surface area contributed by atoms with E-state index in [0.717, 1.165) is 36.6 Å². The van der Waals surface area contributed by atoms with Crippen molar-refractivity contribution in [2.75, 3.05) is 29.9 Å². The molecule has 1 aliphatic heterocycles. The van der Waals surface area contributed by atoms with Gasteiger partial charge >= 0.3 is 0 Å². The molecular weight excluding hydrogens is 576 g/mol. The lowest BCUT2D eigenvalue weighted by molar-refractivity contribution is 0.0718. The van der Waals surface area contributed by atoms with E-state index in [-0.39, 0.29) is 36.4 Å². The fraction of sp³-hybridized carbons (Fsp3) is 0.536. The summed E-state index contributed by atoms with van der Waals surface area (Å²) in [5.74, 6) is 0.340. The fourth-order valence-corrected chi connectivity index (χ4v) is 8.16. The van der Waals surface area contributed by atoms with Crippen LogP contribution in [0.15, 0.2) is 12.4 Å². The molecule has 2 amide bonds. The second-order valence-electron chi connectivity index (χ2n) is 11.4. The lowest BCUT2D eigenvalue weighted by Crippen LogP contribution is -2.43. The Balaban J connectivity index is 1.26. The van der Waals surface area contributed by atoms with E-state index in [9.17, 15) is 18.0 Å². The van der Waals surface area contributed by atoms with Crippen molar-refractivity contribution in [3.05, 3.63) is 28.7 Å². The van der Waals surface area contributed by atoms with E-state index in [2.05, 4.69) is 15.2 Å². The summed E-state index contributed by atoms with van der Waals surface area (Å²) in [6.07, 6.45) is 6.58. The number of sulfone groups is 1. The second kappa shape index (κ2) is 10.0. The van der Waals surface area contributed by atoms with Gasteiger partial charge in [0.2, 0.25) is 0 Å². The van der Waals surface area contributed by atoms with Crippen LogP contribution in [0.4, 0.5) is 10.9 Å². The van der Waals surface area contributed by atoms with Crippen LogP contribution in [-0.4, -0.2) is 90.8 Å². The number of aromatic nitrogens is 5. The highest BCUT2D eigenvalue weighted by Crippen LogP contribution is 2.40. The lowest BCUT2D eigenvalue weighted by atomic mass is 10.2. The molecule has 14 heteroatoms. The first kappa shape index (κ1) is 27.3. The molecule has 222 valence electrons. The van der Waals surface area contributed by atoms with Crippen molar-refractivity contribution in [1.29, 1.82) is 0 Å². The summed E-state index contributed by atoms with van der Waals surface area (Å²) in [7, 11) is -1.17. The SMILES string of the molecule is CCc1nc(Nc2nc3c(cc(C(=O)N(C4CC4)C4CC4)n3CC)c3c2ncn3C)sc1C(=O)N1CCS(=O)(=O)CC1. The Bertz CT molecular complexity index is 1820. The number of anilines is 2. The first-order chi connectivity index (χ1) is 20.2. The number of hydrogen-bond acceptors (Lipinski definition) is 9. The fourth-order valence-electron chi connectivity index (χ4n) is 5.94. The van der Waals surface area contributed by atoms with E-state index in [1.165, 1.54) is 11.3 Å². The molecule has 3 aliphatic rings. The van der Waals surface area contributed by atoms with Crippen LogP contribution < -0.4 is 5.32 Å². The zero-order valence-electron chi connectivity index (χ0n) is 24.0. The maximum absolute atomic E-state index is 13.9. The van der Waals surface area contributed by atoms with Gasteiger partial charge in [-0.25, -0.2) is 23.4 Å². The van der Waals surface area contributed by atoms with E-state index in [0.29, 0.717) is 63.4 Å². The number of fused-ring (bicyclic) bond motifs is 3. The number of pyridine rings is 1. The summed E-state index contributed by atoms with van der Waals surface area (Å²) in [6.45, 7) is 4.92. The van der Waals surface area contributed by atoms with Gasteiger partial charge in [-0.1, -0.05) is 18.3 Å². The number of carbonyl (C=O) groups is 2. The number of nitrogens with zero attached hydrogens (tertiary/aromatic N) is 7. The highest BCUT2D eigenvalue weighted by atomic mass is 32.2. The number of aryl methyl sites for hydroxylation is 3. The predicted molar refractivity (Wildman–Crippen MR) is 161 cm³/mol. The van der Waals surface area contributed by atoms with Gasteiger partial charge in [-0.05, 0) is 45.1 Å². The van der Waals surface area contributed by atoms with Crippen molar-refractivity contribution >= 4 is 66.0 Å². The molecule has 1 saturated heterocycles. The Hall–Kier alpha value is -3.52. The number of carbonyl (C=O) groups excluding carboxylic acids is 2. The Kier molecular flexibility index (Phi) is 6.53. The molecule has 1 N–H and O–H groups in total. The van der Waals surface area contributed by atoms with E-state index < -0.39 is 9.84 Å². The molecule has 3 fully saturated rings. The van der Waals surface area contributed by atoms with Crippen molar-refractivity contribution < 1.29 is 18.0 Å². The van der Waals surface area contributed by atoms with Crippen LogP contribution in [0.3, 0.4) is 0 Å². The molecular formula is C28H34N8O4S2. The number of thiazole rings is 1. The first-order valence-electron chi connectivity index (χ1n) is 14.6. The van der Waals surface area contributed by atoms with Gasteiger partial charge in [-0.2, -0.15) is 0 Å². The first-order valence-corrected chi connectivity index (χ1v) is 17.3. The third-order valence-electron chi connectivity index (χ3n) is 8.44. The molecule has 0 aromatic carbocycles.